The van der Waals surface area contributed by atoms with Gasteiger partial charge in [-0.2, -0.15) is 0 Å². The molecule has 0 saturated heterocycles. The van der Waals surface area contributed by atoms with Crippen LogP contribution in [-0.4, -0.2) is 9.97 Å². The van der Waals surface area contributed by atoms with Gasteiger partial charge in [-0.05, 0) is 40.5 Å². The maximum Gasteiger partial charge on any atom is 0.238 e. The quantitative estimate of drug-likeness (QED) is 0.920. The maximum absolute atomic E-state index is 6.02. The number of benzene rings is 1. The summed E-state index contributed by atoms with van der Waals surface area (Å²) in [7, 11) is 0. The third-order valence-electron chi connectivity index (χ3n) is 2.08. The number of aryl methyl sites for hydroxylation is 1. The third-order valence-corrected chi connectivity index (χ3v) is 3.14. The second-order valence-electron chi connectivity index (χ2n) is 3.41. The van der Waals surface area contributed by atoms with E-state index in [1.807, 2.05) is 19.1 Å². The van der Waals surface area contributed by atoms with Crippen molar-refractivity contribution >= 4 is 33.3 Å². The van der Waals surface area contributed by atoms with Gasteiger partial charge in [0.1, 0.15) is 22.4 Å². The predicted octanol–water partition coefficient (Wildman–Crippen LogP) is 3.58. The Balaban J connectivity index is 2.38. The van der Waals surface area contributed by atoms with Crippen molar-refractivity contribution in [1.29, 1.82) is 0 Å². The summed E-state index contributed by atoms with van der Waals surface area (Å²) in [5.41, 5.74) is 6.68. The Morgan fingerprint density at radius 2 is 2.12 bits per heavy atom. The smallest absolute Gasteiger partial charge is 0.238 e. The molecule has 0 aliphatic heterocycles. The first-order valence-electron chi connectivity index (χ1n) is 4.78. The standard InChI is InChI=1S/C11H9BrClN3O/c1-6-2-3-7(13)8(4-6)17-11-9(12)10(14)15-5-16-11/h2-5H,1H3,(H2,14,15,16). The van der Waals surface area contributed by atoms with Crippen LogP contribution in [-0.2, 0) is 0 Å². The Bertz CT molecular complexity index is 562. The van der Waals surface area contributed by atoms with Gasteiger partial charge in [-0.3, -0.25) is 0 Å². The van der Waals surface area contributed by atoms with Crippen LogP contribution in [0.15, 0.2) is 29.0 Å². The highest BCUT2D eigenvalue weighted by atomic mass is 79.9. The van der Waals surface area contributed by atoms with Crippen molar-refractivity contribution in [2.75, 3.05) is 5.73 Å². The minimum atomic E-state index is 0.318. The molecule has 1 aromatic heterocycles. The van der Waals surface area contributed by atoms with Crippen LogP contribution in [0, 0.1) is 6.92 Å². The van der Waals surface area contributed by atoms with E-state index in [1.165, 1.54) is 6.33 Å². The second kappa shape index (κ2) is 4.89. The average Bonchev–Trinajstić information content (AvgIpc) is 2.30. The molecule has 1 aromatic carbocycles. The van der Waals surface area contributed by atoms with Crippen molar-refractivity contribution in [3.05, 3.63) is 39.6 Å². The Labute approximate surface area is 112 Å². The van der Waals surface area contributed by atoms with Crippen molar-refractivity contribution in [1.82, 2.24) is 9.97 Å². The lowest BCUT2D eigenvalue weighted by Crippen LogP contribution is -1.97. The van der Waals surface area contributed by atoms with E-state index in [0.29, 0.717) is 26.9 Å². The number of halogens is 2. The van der Waals surface area contributed by atoms with Gasteiger partial charge >= 0.3 is 0 Å². The highest BCUT2D eigenvalue weighted by Crippen LogP contribution is 2.34. The topological polar surface area (TPSA) is 61.0 Å². The number of nitrogens with two attached hydrogens (primary N) is 1. The monoisotopic (exact) mass is 313 g/mol. The van der Waals surface area contributed by atoms with Crippen LogP contribution in [0.25, 0.3) is 0 Å². The summed E-state index contributed by atoms with van der Waals surface area (Å²) in [6, 6.07) is 5.50. The molecule has 4 nitrogen and oxygen atoms in total. The number of nitrogens with zero attached hydrogens (tertiary/aromatic N) is 2. The van der Waals surface area contributed by atoms with E-state index in [1.54, 1.807) is 6.07 Å². The Morgan fingerprint density at radius 3 is 2.88 bits per heavy atom. The first-order chi connectivity index (χ1) is 8.08. The summed E-state index contributed by atoms with van der Waals surface area (Å²) in [5.74, 6) is 1.19. The molecule has 17 heavy (non-hydrogen) atoms. The first kappa shape index (κ1) is 12.1. The fourth-order valence-corrected chi connectivity index (χ4v) is 1.67. The van der Waals surface area contributed by atoms with Gasteiger partial charge in [0, 0.05) is 0 Å². The van der Waals surface area contributed by atoms with Gasteiger partial charge < -0.3 is 10.5 Å². The van der Waals surface area contributed by atoms with Crippen molar-refractivity contribution in [2.45, 2.75) is 6.92 Å². The molecule has 0 saturated carbocycles. The molecule has 2 aromatic rings. The summed E-state index contributed by atoms with van der Waals surface area (Å²) in [5, 5.41) is 0.514. The number of aromatic nitrogens is 2. The minimum Gasteiger partial charge on any atom is -0.436 e. The number of rotatable bonds is 2. The lowest BCUT2D eigenvalue weighted by molar-refractivity contribution is 0.458. The number of hydrogen-bond acceptors (Lipinski definition) is 4. The SMILES string of the molecule is Cc1ccc(Cl)c(Oc2ncnc(N)c2Br)c1. The summed E-state index contributed by atoms with van der Waals surface area (Å²) in [6.45, 7) is 1.95. The highest BCUT2D eigenvalue weighted by molar-refractivity contribution is 9.10. The van der Waals surface area contributed by atoms with Crippen LogP contribution in [0.3, 0.4) is 0 Å². The van der Waals surface area contributed by atoms with Crippen molar-refractivity contribution in [3.63, 3.8) is 0 Å². The molecule has 0 spiro atoms. The predicted molar refractivity (Wildman–Crippen MR) is 70.4 cm³/mol. The van der Waals surface area contributed by atoms with Crippen LogP contribution in [0.5, 0.6) is 11.6 Å². The average molecular weight is 315 g/mol. The molecule has 0 aliphatic rings. The molecule has 6 heteroatoms. The zero-order valence-electron chi connectivity index (χ0n) is 8.95. The van der Waals surface area contributed by atoms with Crippen LogP contribution in [0.4, 0.5) is 5.82 Å². The summed E-state index contributed by atoms with van der Waals surface area (Å²) < 4.78 is 6.10. The first-order valence-corrected chi connectivity index (χ1v) is 5.95. The van der Waals surface area contributed by atoms with Gasteiger partial charge in [-0.25, -0.2) is 9.97 Å². The zero-order chi connectivity index (χ0) is 12.4. The zero-order valence-corrected chi connectivity index (χ0v) is 11.3. The third kappa shape index (κ3) is 2.68. The van der Waals surface area contributed by atoms with Gasteiger partial charge in [0.15, 0.2) is 0 Å². The summed E-state index contributed by atoms with van der Waals surface area (Å²) in [6.07, 6.45) is 1.33. The van der Waals surface area contributed by atoms with Crippen LogP contribution < -0.4 is 10.5 Å². The fraction of sp³-hybridized carbons (Fsp3) is 0.0909. The molecule has 0 aliphatic carbocycles. The van der Waals surface area contributed by atoms with Crippen LogP contribution in [0.1, 0.15) is 5.56 Å². The molecule has 0 unspecified atom stereocenters. The molecule has 0 atom stereocenters. The molecule has 2 N–H and O–H groups in total. The molecule has 0 radical (unpaired) electrons. The fourth-order valence-electron chi connectivity index (χ4n) is 1.23. The molecule has 1 heterocycles. The largest absolute Gasteiger partial charge is 0.436 e. The van der Waals surface area contributed by atoms with E-state index < -0.39 is 0 Å². The maximum atomic E-state index is 6.02. The lowest BCUT2D eigenvalue weighted by Gasteiger charge is -2.09. The van der Waals surface area contributed by atoms with Crippen LogP contribution in [0.2, 0.25) is 5.02 Å². The van der Waals surface area contributed by atoms with Crippen molar-refractivity contribution < 1.29 is 4.74 Å². The van der Waals surface area contributed by atoms with Gasteiger partial charge in [-0.15, -0.1) is 0 Å². The van der Waals surface area contributed by atoms with Crippen molar-refractivity contribution in [3.8, 4) is 11.6 Å². The number of nitrogen functional groups attached to an aromatic ring is 1. The van der Waals surface area contributed by atoms with E-state index in [0.717, 1.165) is 5.56 Å². The van der Waals surface area contributed by atoms with Gasteiger partial charge in [-0.1, -0.05) is 17.7 Å². The molecule has 0 amide bonds. The second-order valence-corrected chi connectivity index (χ2v) is 4.61. The molecule has 2 rings (SSSR count). The normalized spacial score (nSPS) is 10.3. The van der Waals surface area contributed by atoms with Gasteiger partial charge in [0.25, 0.3) is 0 Å². The van der Waals surface area contributed by atoms with Crippen LogP contribution >= 0.6 is 27.5 Å². The minimum absolute atomic E-state index is 0.318. The summed E-state index contributed by atoms with van der Waals surface area (Å²) in [4.78, 5) is 7.81. The number of anilines is 1. The number of hydrogen-bond donors (Lipinski definition) is 1. The molecular weight excluding hydrogens is 305 g/mol. The van der Waals surface area contributed by atoms with E-state index in [4.69, 9.17) is 22.1 Å². The Kier molecular flexibility index (Phi) is 3.49. The van der Waals surface area contributed by atoms with Crippen molar-refractivity contribution in [2.24, 2.45) is 0 Å². The molecule has 88 valence electrons. The Hall–Kier alpha value is -1.33. The van der Waals surface area contributed by atoms with E-state index in [-0.39, 0.29) is 0 Å². The molecular formula is C11H9BrClN3O. The molecule has 0 fully saturated rings. The van der Waals surface area contributed by atoms with E-state index >= 15 is 0 Å². The Morgan fingerprint density at radius 1 is 1.35 bits per heavy atom. The lowest BCUT2D eigenvalue weighted by atomic mass is 10.2. The van der Waals surface area contributed by atoms with Gasteiger partial charge in [0.05, 0.1) is 5.02 Å². The van der Waals surface area contributed by atoms with Gasteiger partial charge in [0.2, 0.25) is 5.88 Å². The highest BCUT2D eigenvalue weighted by Gasteiger charge is 2.10. The van der Waals surface area contributed by atoms with E-state index in [9.17, 15) is 0 Å². The summed E-state index contributed by atoms with van der Waals surface area (Å²) >= 11 is 9.29. The van der Waals surface area contributed by atoms with E-state index in [2.05, 4.69) is 25.9 Å². The molecule has 0 bridgehead atoms. The number of ether oxygens (including phenoxy) is 1.